The Bertz CT molecular complexity index is 544. The number of amides is 1. The molecule has 0 bridgehead atoms. The highest BCUT2D eigenvalue weighted by molar-refractivity contribution is 7.71. The van der Waals surface area contributed by atoms with Crippen molar-refractivity contribution in [1.29, 1.82) is 0 Å². The van der Waals surface area contributed by atoms with Gasteiger partial charge in [-0.05, 0) is 32.1 Å². The summed E-state index contributed by atoms with van der Waals surface area (Å²) in [6, 6.07) is 0.622. The molecule has 1 heterocycles. The number of hydrogen-bond acceptors (Lipinski definition) is 4. The van der Waals surface area contributed by atoms with Crippen LogP contribution in [0.3, 0.4) is 0 Å². The molecule has 0 unspecified atom stereocenters. The monoisotopic (exact) mass is 311 g/mol. The number of nitrogens with two attached hydrogens (primary N) is 1. The summed E-state index contributed by atoms with van der Waals surface area (Å²) in [6.45, 7) is 0.702. The number of carbonyl (C=O) groups is 1. The van der Waals surface area contributed by atoms with Crippen LogP contribution >= 0.6 is 12.2 Å². The molecule has 0 atom stereocenters. The summed E-state index contributed by atoms with van der Waals surface area (Å²) in [5.74, 6) is 0.505. The van der Waals surface area contributed by atoms with Gasteiger partial charge in [0.1, 0.15) is 5.82 Å². The quantitative estimate of drug-likeness (QED) is 0.810. The van der Waals surface area contributed by atoms with Gasteiger partial charge >= 0.3 is 0 Å². The van der Waals surface area contributed by atoms with Crippen LogP contribution in [0.15, 0.2) is 0 Å². The minimum absolute atomic E-state index is 0.304. The molecule has 1 saturated carbocycles. The Morgan fingerprint density at radius 2 is 2.10 bits per heavy atom. The number of rotatable bonds is 6. The minimum atomic E-state index is -0.310. The van der Waals surface area contributed by atoms with Crippen molar-refractivity contribution in [2.24, 2.45) is 12.8 Å². The van der Waals surface area contributed by atoms with Gasteiger partial charge in [-0.25, -0.2) is 4.68 Å². The maximum absolute atomic E-state index is 10.9. The number of nitrogens with zero attached hydrogens (tertiary/aromatic N) is 4. The van der Waals surface area contributed by atoms with E-state index in [1.807, 2.05) is 16.3 Å². The molecular formula is C14H25N5OS. The number of carbonyl (C=O) groups excluding carboxylic acids is 1. The maximum atomic E-state index is 10.9. The van der Waals surface area contributed by atoms with Gasteiger partial charge in [0.2, 0.25) is 5.91 Å². The van der Waals surface area contributed by atoms with Crippen molar-refractivity contribution in [1.82, 2.24) is 19.2 Å². The molecule has 21 heavy (non-hydrogen) atoms. The molecular weight excluding hydrogens is 286 g/mol. The highest BCUT2D eigenvalue weighted by Crippen LogP contribution is 2.21. The Morgan fingerprint density at radius 1 is 1.43 bits per heavy atom. The van der Waals surface area contributed by atoms with Crippen LogP contribution in [0.25, 0.3) is 0 Å². The Morgan fingerprint density at radius 3 is 2.71 bits per heavy atom. The summed E-state index contributed by atoms with van der Waals surface area (Å²) in [6.07, 6.45) is 7.33. The van der Waals surface area contributed by atoms with E-state index < -0.39 is 0 Å². The van der Waals surface area contributed by atoms with Crippen molar-refractivity contribution in [3.63, 3.8) is 0 Å². The third-order valence-electron chi connectivity index (χ3n) is 4.28. The Kier molecular flexibility index (Phi) is 5.52. The summed E-state index contributed by atoms with van der Waals surface area (Å²) in [4.78, 5) is 13.2. The summed E-state index contributed by atoms with van der Waals surface area (Å²) in [5.41, 5.74) is 5.20. The van der Waals surface area contributed by atoms with Crippen LogP contribution in [-0.4, -0.2) is 38.2 Å². The second-order valence-corrected chi connectivity index (χ2v) is 6.28. The molecule has 2 rings (SSSR count). The topological polar surface area (TPSA) is 69.1 Å². The first-order valence-corrected chi connectivity index (χ1v) is 8.01. The van der Waals surface area contributed by atoms with Gasteiger partial charge in [0.05, 0.1) is 6.67 Å². The third kappa shape index (κ3) is 4.14. The standard InChI is InChI=1S/C14H25N5OS/c1-17(11-6-4-3-5-7-11)10-19-14(21)18(2)13(16-19)9-8-12(15)20/h11H,3-10H2,1-2H3,(H2,15,20). The number of aromatic nitrogens is 3. The Hall–Kier alpha value is -1.21. The van der Waals surface area contributed by atoms with Gasteiger partial charge in [-0.15, -0.1) is 0 Å². The largest absolute Gasteiger partial charge is 0.370 e. The lowest BCUT2D eigenvalue weighted by atomic mass is 9.95. The van der Waals surface area contributed by atoms with Crippen molar-refractivity contribution in [3.8, 4) is 0 Å². The Balaban J connectivity index is 2.04. The van der Waals surface area contributed by atoms with Crippen molar-refractivity contribution >= 4 is 18.1 Å². The SMILES string of the molecule is CN(Cn1nc(CCC(N)=O)n(C)c1=S)C1CCCCC1. The van der Waals surface area contributed by atoms with E-state index >= 15 is 0 Å². The van der Waals surface area contributed by atoms with Gasteiger partial charge in [0.25, 0.3) is 0 Å². The molecule has 1 amide bonds. The maximum Gasteiger partial charge on any atom is 0.217 e. The van der Waals surface area contributed by atoms with Crippen LogP contribution in [0.5, 0.6) is 0 Å². The predicted octanol–water partition coefficient (Wildman–Crippen LogP) is 1.59. The van der Waals surface area contributed by atoms with Gasteiger partial charge in [0, 0.05) is 25.9 Å². The second kappa shape index (κ2) is 7.17. The molecule has 1 fully saturated rings. The Labute approximate surface area is 130 Å². The predicted molar refractivity (Wildman–Crippen MR) is 84.2 cm³/mol. The molecule has 1 aromatic rings. The molecule has 0 saturated heterocycles. The molecule has 1 aliphatic carbocycles. The summed E-state index contributed by atoms with van der Waals surface area (Å²) < 4.78 is 4.41. The fraction of sp³-hybridized carbons (Fsp3) is 0.786. The van der Waals surface area contributed by atoms with Crippen molar-refractivity contribution in [3.05, 3.63) is 10.6 Å². The van der Waals surface area contributed by atoms with Crippen molar-refractivity contribution in [2.75, 3.05) is 7.05 Å². The number of primary amides is 1. The average molecular weight is 311 g/mol. The van der Waals surface area contributed by atoms with E-state index in [-0.39, 0.29) is 5.91 Å². The molecule has 118 valence electrons. The van der Waals surface area contributed by atoms with E-state index in [1.54, 1.807) is 0 Å². The van der Waals surface area contributed by atoms with Crippen LogP contribution in [0.1, 0.15) is 44.3 Å². The van der Waals surface area contributed by atoms with Gasteiger partial charge < -0.3 is 10.3 Å². The zero-order valence-corrected chi connectivity index (χ0v) is 13.7. The van der Waals surface area contributed by atoms with Crippen LogP contribution in [-0.2, 0) is 24.9 Å². The summed E-state index contributed by atoms with van der Waals surface area (Å²) in [5, 5.41) is 4.54. The molecule has 7 heteroatoms. The van der Waals surface area contributed by atoms with Gasteiger partial charge in [-0.2, -0.15) is 5.10 Å². The average Bonchev–Trinajstić information content (AvgIpc) is 2.74. The first kappa shape index (κ1) is 16.2. The smallest absolute Gasteiger partial charge is 0.217 e. The fourth-order valence-electron chi connectivity index (χ4n) is 2.93. The second-order valence-electron chi connectivity index (χ2n) is 5.91. The molecule has 0 aromatic carbocycles. The van der Waals surface area contributed by atoms with E-state index in [0.29, 0.717) is 30.3 Å². The van der Waals surface area contributed by atoms with E-state index in [9.17, 15) is 4.79 Å². The van der Waals surface area contributed by atoms with E-state index in [0.717, 1.165) is 5.82 Å². The lowest BCUT2D eigenvalue weighted by Crippen LogP contribution is -2.35. The van der Waals surface area contributed by atoms with E-state index in [1.165, 1.54) is 32.1 Å². The lowest BCUT2D eigenvalue weighted by Gasteiger charge is -2.30. The van der Waals surface area contributed by atoms with E-state index in [2.05, 4.69) is 17.0 Å². The number of hydrogen-bond donors (Lipinski definition) is 1. The van der Waals surface area contributed by atoms with Crippen LogP contribution < -0.4 is 5.73 Å². The lowest BCUT2D eigenvalue weighted by molar-refractivity contribution is -0.118. The van der Waals surface area contributed by atoms with E-state index in [4.69, 9.17) is 18.0 Å². The van der Waals surface area contributed by atoms with Crippen LogP contribution in [0, 0.1) is 4.77 Å². The normalized spacial score (nSPS) is 16.5. The third-order valence-corrected chi connectivity index (χ3v) is 4.77. The first-order chi connectivity index (χ1) is 9.99. The molecule has 2 N–H and O–H groups in total. The van der Waals surface area contributed by atoms with Crippen LogP contribution in [0.2, 0.25) is 0 Å². The highest BCUT2D eigenvalue weighted by atomic mass is 32.1. The van der Waals surface area contributed by atoms with Crippen LogP contribution in [0.4, 0.5) is 0 Å². The zero-order chi connectivity index (χ0) is 15.4. The summed E-state index contributed by atoms with van der Waals surface area (Å²) >= 11 is 5.43. The highest BCUT2D eigenvalue weighted by Gasteiger charge is 2.19. The summed E-state index contributed by atoms with van der Waals surface area (Å²) in [7, 11) is 4.03. The van der Waals surface area contributed by atoms with Gasteiger partial charge in [-0.3, -0.25) is 9.69 Å². The van der Waals surface area contributed by atoms with Crippen molar-refractivity contribution < 1.29 is 4.79 Å². The molecule has 1 aromatic heterocycles. The zero-order valence-electron chi connectivity index (χ0n) is 12.9. The minimum Gasteiger partial charge on any atom is -0.370 e. The molecule has 0 radical (unpaired) electrons. The van der Waals surface area contributed by atoms with Crippen molar-refractivity contribution in [2.45, 2.75) is 57.7 Å². The molecule has 0 aliphatic heterocycles. The number of aryl methyl sites for hydroxylation is 1. The molecule has 6 nitrogen and oxygen atoms in total. The molecule has 1 aliphatic rings. The van der Waals surface area contributed by atoms with Gasteiger partial charge in [-0.1, -0.05) is 19.3 Å². The molecule has 0 spiro atoms. The van der Waals surface area contributed by atoms with Gasteiger partial charge in [0.15, 0.2) is 4.77 Å². The first-order valence-electron chi connectivity index (χ1n) is 7.60. The fourth-order valence-corrected chi connectivity index (χ4v) is 3.13.